The molecule has 0 spiro atoms. The summed E-state index contributed by atoms with van der Waals surface area (Å²) in [4.78, 5) is 34.0. The highest BCUT2D eigenvalue weighted by molar-refractivity contribution is 6.31. The minimum absolute atomic E-state index is 0.123. The van der Waals surface area contributed by atoms with Crippen LogP contribution >= 0.6 is 11.6 Å². The molecule has 0 bridgehead atoms. The van der Waals surface area contributed by atoms with Gasteiger partial charge in [-0.15, -0.1) is 0 Å². The van der Waals surface area contributed by atoms with Crippen LogP contribution in [0.15, 0.2) is 41.5 Å². The zero-order valence-corrected chi connectivity index (χ0v) is 18.2. The molecule has 162 valence electrons. The summed E-state index contributed by atoms with van der Waals surface area (Å²) < 4.78 is 20.8. The van der Waals surface area contributed by atoms with E-state index in [0.29, 0.717) is 11.7 Å². The van der Waals surface area contributed by atoms with Gasteiger partial charge in [0.05, 0.1) is 29.0 Å². The van der Waals surface area contributed by atoms with E-state index in [0.717, 1.165) is 18.9 Å². The number of carbonyl (C=O) groups is 1. The van der Waals surface area contributed by atoms with Gasteiger partial charge in [-0.1, -0.05) is 11.6 Å². The number of hydrogen-bond acceptors (Lipinski definition) is 6. The summed E-state index contributed by atoms with van der Waals surface area (Å²) in [5.74, 6) is -0.582. The Morgan fingerprint density at radius 1 is 1.32 bits per heavy atom. The van der Waals surface area contributed by atoms with Gasteiger partial charge in [-0.2, -0.15) is 0 Å². The smallest absolute Gasteiger partial charge is 0.343 e. The Morgan fingerprint density at radius 3 is 2.68 bits per heavy atom. The predicted octanol–water partition coefficient (Wildman–Crippen LogP) is 3.11. The first-order chi connectivity index (χ1) is 14.8. The van der Waals surface area contributed by atoms with Gasteiger partial charge in [-0.25, -0.2) is 14.2 Å². The van der Waals surface area contributed by atoms with Crippen LogP contribution in [0.3, 0.4) is 0 Å². The number of fused-ring (bicyclic) bond motifs is 1. The molecule has 1 aromatic carbocycles. The molecule has 0 amide bonds. The molecule has 0 aliphatic carbocycles. The second-order valence-electron chi connectivity index (χ2n) is 7.64. The van der Waals surface area contributed by atoms with Crippen molar-refractivity contribution in [3.63, 3.8) is 0 Å². The van der Waals surface area contributed by atoms with Crippen molar-refractivity contribution in [1.29, 1.82) is 0 Å². The van der Waals surface area contributed by atoms with E-state index in [1.54, 1.807) is 17.7 Å². The number of pyridine rings is 2. The van der Waals surface area contributed by atoms with Crippen LogP contribution in [0.4, 0.5) is 10.2 Å². The van der Waals surface area contributed by atoms with E-state index in [4.69, 9.17) is 16.3 Å². The summed E-state index contributed by atoms with van der Waals surface area (Å²) in [6.07, 6.45) is 2.99. The quantitative estimate of drug-likeness (QED) is 0.563. The van der Waals surface area contributed by atoms with E-state index in [2.05, 4.69) is 14.8 Å². The number of nitrogens with zero attached hydrogens (tertiary/aromatic N) is 4. The van der Waals surface area contributed by atoms with Crippen LogP contribution in [0.25, 0.3) is 16.6 Å². The van der Waals surface area contributed by atoms with Crippen LogP contribution in [-0.2, 0) is 4.74 Å². The maximum Gasteiger partial charge on any atom is 0.343 e. The minimum atomic E-state index is -0.747. The van der Waals surface area contributed by atoms with Crippen molar-refractivity contribution in [3.8, 4) is 5.69 Å². The molecular weight excluding hydrogens is 423 g/mol. The van der Waals surface area contributed by atoms with Crippen molar-refractivity contribution in [2.75, 3.05) is 38.7 Å². The van der Waals surface area contributed by atoms with Crippen molar-refractivity contribution >= 4 is 34.3 Å². The number of halogens is 2. The lowest BCUT2D eigenvalue weighted by Gasteiger charge is -2.43. The van der Waals surface area contributed by atoms with Gasteiger partial charge >= 0.3 is 5.97 Å². The molecule has 0 atom stereocenters. The third-order valence-corrected chi connectivity index (χ3v) is 5.76. The number of aromatic nitrogens is 2. The summed E-state index contributed by atoms with van der Waals surface area (Å²) in [6.45, 7) is 3.55. The number of hydrogen-bond donors (Lipinski definition) is 0. The first kappa shape index (κ1) is 21.3. The lowest BCUT2D eigenvalue weighted by atomic mass is 10.1. The normalized spacial score (nSPS) is 14.2. The van der Waals surface area contributed by atoms with E-state index in [9.17, 15) is 14.0 Å². The van der Waals surface area contributed by atoms with Crippen molar-refractivity contribution in [2.24, 2.45) is 0 Å². The van der Waals surface area contributed by atoms with Gasteiger partial charge in [0.1, 0.15) is 17.2 Å². The fraction of sp³-hybridized carbons (Fsp3) is 0.318. The van der Waals surface area contributed by atoms with Crippen LogP contribution in [0.2, 0.25) is 5.02 Å². The Morgan fingerprint density at radius 2 is 2.06 bits per heavy atom. The second-order valence-corrected chi connectivity index (χ2v) is 8.05. The Bertz CT molecular complexity index is 1200. The van der Waals surface area contributed by atoms with Gasteiger partial charge in [0.25, 0.3) is 0 Å². The molecule has 3 heterocycles. The van der Waals surface area contributed by atoms with Gasteiger partial charge in [-0.3, -0.25) is 4.79 Å². The Kier molecular flexibility index (Phi) is 5.68. The molecule has 1 fully saturated rings. The molecule has 2 aromatic heterocycles. The number of carbonyl (C=O) groups excluding carboxylic acids is 1. The van der Waals surface area contributed by atoms with Crippen LogP contribution in [0, 0.1) is 5.82 Å². The van der Waals surface area contributed by atoms with E-state index >= 15 is 0 Å². The summed E-state index contributed by atoms with van der Waals surface area (Å²) in [6, 6.07) is 6.58. The van der Waals surface area contributed by atoms with Gasteiger partial charge in [-0.05, 0) is 39.2 Å². The highest BCUT2D eigenvalue weighted by Gasteiger charge is 2.29. The maximum absolute atomic E-state index is 14.2. The molecule has 3 aromatic rings. The number of likely N-dealkylation sites (N-methyl/N-ethyl adjacent to an activating group) is 1. The van der Waals surface area contributed by atoms with E-state index in [1.165, 1.54) is 18.3 Å². The SMILES string of the molecule is CCOC(=O)c1cn(-c2ccc(N3CC(N(C)C)C3)nc2)c2cc(F)c(Cl)cc2c1=O. The highest BCUT2D eigenvalue weighted by atomic mass is 35.5. The molecule has 4 rings (SSSR count). The monoisotopic (exact) mass is 444 g/mol. The Balaban J connectivity index is 1.79. The van der Waals surface area contributed by atoms with Gasteiger partial charge in [0, 0.05) is 36.8 Å². The first-order valence-corrected chi connectivity index (χ1v) is 10.3. The zero-order valence-electron chi connectivity index (χ0n) is 17.4. The summed E-state index contributed by atoms with van der Waals surface area (Å²) >= 11 is 5.90. The van der Waals surface area contributed by atoms with E-state index in [-0.39, 0.29) is 28.1 Å². The summed E-state index contributed by atoms with van der Waals surface area (Å²) in [7, 11) is 4.10. The zero-order chi connectivity index (χ0) is 22.3. The van der Waals surface area contributed by atoms with Crippen molar-refractivity contribution in [2.45, 2.75) is 13.0 Å². The number of esters is 1. The van der Waals surface area contributed by atoms with Crippen LogP contribution in [0.1, 0.15) is 17.3 Å². The lowest BCUT2D eigenvalue weighted by molar-refractivity contribution is 0.0524. The third-order valence-electron chi connectivity index (χ3n) is 5.47. The molecular formula is C22H22ClFN4O3. The fourth-order valence-electron chi connectivity index (χ4n) is 3.56. The molecule has 0 N–H and O–H groups in total. The molecule has 0 radical (unpaired) electrons. The summed E-state index contributed by atoms with van der Waals surface area (Å²) in [5, 5.41) is -0.0727. The van der Waals surface area contributed by atoms with Crippen molar-refractivity contribution in [3.05, 3.63) is 63.3 Å². The Hall–Kier alpha value is -2.97. The number of ether oxygens (including phenoxy) is 1. The van der Waals surface area contributed by atoms with Gasteiger partial charge in [0.15, 0.2) is 0 Å². The first-order valence-electron chi connectivity index (χ1n) is 9.89. The van der Waals surface area contributed by atoms with Gasteiger partial charge < -0.3 is 19.1 Å². The minimum Gasteiger partial charge on any atom is -0.462 e. The predicted molar refractivity (Wildman–Crippen MR) is 118 cm³/mol. The van der Waals surface area contributed by atoms with Gasteiger partial charge in [0.2, 0.25) is 5.43 Å². The molecule has 9 heteroatoms. The molecule has 7 nitrogen and oxygen atoms in total. The number of anilines is 1. The van der Waals surface area contributed by atoms with Crippen LogP contribution < -0.4 is 10.3 Å². The average molecular weight is 445 g/mol. The largest absolute Gasteiger partial charge is 0.462 e. The number of benzene rings is 1. The topological polar surface area (TPSA) is 67.7 Å². The fourth-order valence-corrected chi connectivity index (χ4v) is 3.73. The Labute approximate surface area is 183 Å². The number of rotatable bonds is 5. The molecule has 31 heavy (non-hydrogen) atoms. The second kappa shape index (κ2) is 8.28. The van der Waals surface area contributed by atoms with Crippen molar-refractivity contribution < 1.29 is 13.9 Å². The van der Waals surface area contributed by atoms with E-state index < -0.39 is 17.2 Å². The highest BCUT2D eigenvalue weighted by Crippen LogP contribution is 2.26. The molecule has 1 saturated heterocycles. The maximum atomic E-state index is 14.2. The van der Waals surface area contributed by atoms with E-state index in [1.807, 2.05) is 26.2 Å². The van der Waals surface area contributed by atoms with Crippen molar-refractivity contribution in [1.82, 2.24) is 14.5 Å². The molecule has 1 aliphatic heterocycles. The standard InChI is InChI=1S/C22H22ClFN4O3/c1-4-31-22(30)16-12-28(19-8-18(24)17(23)7-15(19)21(16)29)13-5-6-20(25-9-13)27-10-14(11-27)26(2)3/h5-9,12,14H,4,10-11H2,1-3H3. The van der Waals surface area contributed by atoms with Crippen LogP contribution in [-0.4, -0.2) is 60.3 Å². The molecule has 0 unspecified atom stereocenters. The average Bonchev–Trinajstić information content (AvgIpc) is 2.69. The van der Waals surface area contributed by atoms with Crippen LogP contribution in [0.5, 0.6) is 0 Å². The third kappa shape index (κ3) is 3.88. The summed E-state index contributed by atoms with van der Waals surface area (Å²) in [5.41, 5.74) is 0.140. The molecule has 0 saturated carbocycles. The molecule has 1 aliphatic rings. The lowest BCUT2D eigenvalue weighted by Crippen LogP contribution is -2.57.